The molecule has 0 aliphatic heterocycles. The van der Waals surface area contributed by atoms with Gasteiger partial charge in [-0.05, 0) is 23.5 Å². The Kier molecular flexibility index (Phi) is 3.00. The van der Waals surface area contributed by atoms with Crippen molar-refractivity contribution in [2.75, 3.05) is 0 Å². The average Bonchev–Trinajstić information content (AvgIpc) is 2.15. The van der Waals surface area contributed by atoms with Gasteiger partial charge in [0.1, 0.15) is 0 Å². The lowest BCUT2D eigenvalue weighted by Crippen LogP contribution is -2.12. The van der Waals surface area contributed by atoms with Crippen LogP contribution in [0.15, 0.2) is 35.9 Å². The third-order valence-electron chi connectivity index (χ3n) is 2.61. The highest BCUT2D eigenvalue weighted by atomic mass is 14.6. The number of allylic oxidation sites excluding steroid dienone is 1. The fraction of sp³-hybridized carbons (Fsp3) is 0.385. The molecule has 0 unspecified atom stereocenters. The quantitative estimate of drug-likeness (QED) is 0.719. The van der Waals surface area contributed by atoms with E-state index < -0.39 is 0 Å². The molecule has 1 rings (SSSR count). The molecule has 1 nitrogen and oxygen atoms in total. The predicted molar refractivity (Wildman–Crippen MR) is 62.7 cm³/mol. The van der Waals surface area contributed by atoms with Gasteiger partial charge in [0, 0.05) is 5.70 Å². The van der Waals surface area contributed by atoms with Crippen LogP contribution < -0.4 is 5.73 Å². The average molecular weight is 189 g/mol. The molecular formula is C13H19N. The van der Waals surface area contributed by atoms with E-state index >= 15 is 0 Å². The van der Waals surface area contributed by atoms with Gasteiger partial charge in [0.15, 0.2) is 0 Å². The molecule has 0 fully saturated rings. The minimum Gasteiger partial charge on any atom is -0.398 e. The summed E-state index contributed by atoms with van der Waals surface area (Å²) in [5.41, 5.74) is 9.49. The van der Waals surface area contributed by atoms with Gasteiger partial charge in [-0.3, -0.25) is 0 Å². The van der Waals surface area contributed by atoms with Gasteiger partial charge in [-0.2, -0.15) is 0 Å². The van der Waals surface area contributed by atoms with Gasteiger partial charge >= 0.3 is 0 Å². The first-order chi connectivity index (χ1) is 6.43. The van der Waals surface area contributed by atoms with Crippen LogP contribution in [0.4, 0.5) is 0 Å². The molecule has 0 atom stereocenters. The van der Waals surface area contributed by atoms with Crippen LogP contribution in [0, 0.1) is 5.41 Å². The summed E-state index contributed by atoms with van der Waals surface area (Å²) in [5, 5.41) is 0. The molecule has 0 aliphatic rings. The number of hydrogen-bond acceptors (Lipinski definition) is 1. The summed E-state index contributed by atoms with van der Waals surface area (Å²) in [6.45, 7) is 8.64. The van der Waals surface area contributed by atoms with E-state index in [1.165, 1.54) is 5.57 Å². The van der Waals surface area contributed by atoms with Gasteiger partial charge in [0.2, 0.25) is 0 Å². The van der Waals surface area contributed by atoms with E-state index in [2.05, 4.69) is 27.7 Å². The van der Waals surface area contributed by atoms with Gasteiger partial charge in [0.05, 0.1) is 0 Å². The van der Waals surface area contributed by atoms with Crippen LogP contribution in [0.5, 0.6) is 0 Å². The molecule has 0 aromatic heterocycles. The molecule has 0 radical (unpaired) electrons. The van der Waals surface area contributed by atoms with E-state index in [4.69, 9.17) is 5.73 Å². The van der Waals surface area contributed by atoms with Gasteiger partial charge < -0.3 is 5.73 Å². The van der Waals surface area contributed by atoms with E-state index in [1.54, 1.807) is 0 Å². The fourth-order valence-corrected chi connectivity index (χ4v) is 1.24. The highest BCUT2D eigenvalue weighted by molar-refractivity contribution is 5.66. The Balaban J connectivity index is 3.12. The minimum absolute atomic E-state index is 0.139. The van der Waals surface area contributed by atoms with Crippen molar-refractivity contribution in [3.8, 4) is 0 Å². The van der Waals surface area contributed by atoms with E-state index in [-0.39, 0.29) is 5.41 Å². The third-order valence-corrected chi connectivity index (χ3v) is 2.61. The van der Waals surface area contributed by atoms with Crippen LogP contribution in [0.2, 0.25) is 0 Å². The van der Waals surface area contributed by atoms with Crippen molar-refractivity contribution in [1.82, 2.24) is 0 Å². The number of benzene rings is 1. The van der Waals surface area contributed by atoms with Crippen molar-refractivity contribution in [3.63, 3.8) is 0 Å². The topological polar surface area (TPSA) is 26.0 Å². The monoisotopic (exact) mass is 189 g/mol. The first-order valence-electron chi connectivity index (χ1n) is 4.95. The highest BCUT2D eigenvalue weighted by Crippen LogP contribution is 2.29. The molecule has 1 aromatic rings. The maximum absolute atomic E-state index is 6.10. The maximum Gasteiger partial charge on any atom is 0.0382 e. The summed E-state index contributed by atoms with van der Waals surface area (Å²) < 4.78 is 0. The van der Waals surface area contributed by atoms with Crippen molar-refractivity contribution < 1.29 is 0 Å². The van der Waals surface area contributed by atoms with Crippen LogP contribution >= 0.6 is 0 Å². The smallest absolute Gasteiger partial charge is 0.0382 e. The second-order valence-electron chi connectivity index (χ2n) is 4.65. The number of hydrogen-bond donors (Lipinski definition) is 1. The predicted octanol–water partition coefficient (Wildman–Crippen LogP) is 3.42. The Morgan fingerprint density at radius 1 is 1.07 bits per heavy atom. The minimum atomic E-state index is 0.139. The summed E-state index contributed by atoms with van der Waals surface area (Å²) in [7, 11) is 0. The Morgan fingerprint density at radius 2 is 1.57 bits per heavy atom. The summed E-state index contributed by atoms with van der Waals surface area (Å²) in [6.07, 6.45) is 0. The first kappa shape index (κ1) is 10.8. The summed E-state index contributed by atoms with van der Waals surface area (Å²) in [6, 6.07) is 10.1. The van der Waals surface area contributed by atoms with Crippen LogP contribution in [-0.4, -0.2) is 0 Å². The first-order valence-corrected chi connectivity index (χ1v) is 4.95. The Labute approximate surface area is 86.6 Å². The number of rotatable bonds is 1. The SMILES string of the molecule is C/C(=C(/N)c1ccccc1)C(C)(C)C. The highest BCUT2D eigenvalue weighted by Gasteiger charge is 2.16. The normalized spacial score (nSPS) is 13.7. The van der Waals surface area contributed by atoms with Crippen LogP contribution in [0.25, 0.3) is 5.70 Å². The van der Waals surface area contributed by atoms with Crippen molar-refractivity contribution in [2.24, 2.45) is 11.1 Å². The fourth-order valence-electron chi connectivity index (χ4n) is 1.24. The largest absolute Gasteiger partial charge is 0.398 e. The van der Waals surface area contributed by atoms with Crippen molar-refractivity contribution in [3.05, 3.63) is 41.5 Å². The van der Waals surface area contributed by atoms with Gasteiger partial charge in [-0.25, -0.2) is 0 Å². The molecular weight excluding hydrogens is 170 g/mol. The molecule has 0 saturated heterocycles. The zero-order chi connectivity index (χ0) is 10.8. The maximum atomic E-state index is 6.10. The lowest BCUT2D eigenvalue weighted by atomic mass is 9.85. The molecule has 2 N–H and O–H groups in total. The summed E-state index contributed by atoms with van der Waals surface area (Å²) in [4.78, 5) is 0. The second kappa shape index (κ2) is 3.87. The molecule has 1 heteroatoms. The van der Waals surface area contributed by atoms with E-state index in [0.717, 1.165) is 11.3 Å². The molecule has 1 aromatic carbocycles. The standard InChI is InChI=1S/C13H19N/c1-10(13(2,3)4)12(14)11-8-6-5-7-9-11/h5-9H,14H2,1-4H3/b12-10-. The van der Waals surface area contributed by atoms with Crippen LogP contribution in [0.3, 0.4) is 0 Å². The van der Waals surface area contributed by atoms with Gasteiger partial charge in [-0.15, -0.1) is 0 Å². The molecule has 14 heavy (non-hydrogen) atoms. The van der Waals surface area contributed by atoms with Crippen molar-refractivity contribution >= 4 is 5.70 Å². The Morgan fingerprint density at radius 3 is 2.00 bits per heavy atom. The molecule has 0 bridgehead atoms. The lowest BCUT2D eigenvalue weighted by molar-refractivity contribution is 0.505. The Hall–Kier alpha value is -1.24. The molecule has 0 amide bonds. The van der Waals surface area contributed by atoms with Crippen LogP contribution in [0.1, 0.15) is 33.3 Å². The van der Waals surface area contributed by atoms with Gasteiger partial charge in [-0.1, -0.05) is 51.1 Å². The van der Waals surface area contributed by atoms with E-state index in [1.807, 2.05) is 30.3 Å². The van der Waals surface area contributed by atoms with Crippen molar-refractivity contribution in [1.29, 1.82) is 0 Å². The zero-order valence-electron chi connectivity index (χ0n) is 9.46. The Bertz CT molecular complexity index is 328. The zero-order valence-corrected chi connectivity index (χ0v) is 9.46. The molecule has 0 saturated carbocycles. The summed E-state index contributed by atoms with van der Waals surface area (Å²) >= 11 is 0. The third kappa shape index (κ3) is 2.38. The van der Waals surface area contributed by atoms with Crippen LogP contribution in [-0.2, 0) is 0 Å². The summed E-state index contributed by atoms with van der Waals surface area (Å²) in [5.74, 6) is 0. The second-order valence-corrected chi connectivity index (χ2v) is 4.65. The lowest BCUT2D eigenvalue weighted by Gasteiger charge is -2.22. The molecule has 0 heterocycles. The molecule has 0 spiro atoms. The van der Waals surface area contributed by atoms with E-state index in [0.29, 0.717) is 0 Å². The number of nitrogens with two attached hydrogens (primary N) is 1. The molecule has 0 aliphatic carbocycles. The molecule has 76 valence electrons. The van der Waals surface area contributed by atoms with Crippen molar-refractivity contribution in [2.45, 2.75) is 27.7 Å². The van der Waals surface area contributed by atoms with Gasteiger partial charge in [0.25, 0.3) is 0 Å². The van der Waals surface area contributed by atoms with E-state index in [9.17, 15) is 0 Å².